The molecule has 0 bridgehead atoms. The first-order valence-electron chi connectivity index (χ1n) is 15.9. The number of thioether (sulfide) groups is 2. The molecule has 0 aromatic heterocycles. The number of amides is 10. The van der Waals surface area contributed by atoms with Gasteiger partial charge in [-0.15, -0.1) is 0 Å². The van der Waals surface area contributed by atoms with E-state index in [1.54, 1.807) is 111 Å². The fraction of sp³-hybridized carbons (Fsp3) is 0.810. The van der Waals surface area contributed by atoms with Gasteiger partial charge in [0.15, 0.2) is 0 Å². The van der Waals surface area contributed by atoms with Crippen molar-refractivity contribution in [2.75, 3.05) is 154 Å². The number of urea groups is 2. The van der Waals surface area contributed by atoms with E-state index in [2.05, 4.69) is 51.4 Å². The molecule has 0 aromatic carbocycles. The summed E-state index contributed by atoms with van der Waals surface area (Å²) in [6.45, 7) is 3.06. The smallest absolute Gasteiger partial charge is 0.406 e. The van der Waals surface area contributed by atoms with Gasteiger partial charge < -0.3 is 71.0 Å². The van der Waals surface area contributed by atoms with Crippen LogP contribution in [0.15, 0.2) is 0 Å². The molecular weight excluding hydrogens is 899 g/mol. The number of nitrogens with zero attached hydrogens (tertiary/aromatic N) is 4. The van der Waals surface area contributed by atoms with Crippen molar-refractivity contribution in [2.24, 2.45) is 0 Å². The molecule has 22 nitrogen and oxygen atoms in total. The molecular formula is C42H119N11O11S2. The Morgan fingerprint density at radius 3 is 0.515 bits per heavy atom. The Morgan fingerprint density at radius 1 is 0.364 bits per heavy atom. The van der Waals surface area contributed by atoms with Gasteiger partial charge in [-0.3, -0.25) is 19.2 Å². The number of hydrogen-bond acceptors (Lipinski definition) is 14. The highest BCUT2D eigenvalue weighted by atomic mass is 32.2. The third-order valence-corrected chi connectivity index (χ3v) is 5.21. The lowest BCUT2D eigenvalue weighted by Gasteiger charge is -2.06. The number of carbonyl (C=O) groups is 8. The molecule has 24 heteroatoms. The van der Waals surface area contributed by atoms with Crippen LogP contribution in [0.1, 0.15) is 88.1 Å². The Bertz CT molecular complexity index is 809. The first-order chi connectivity index (χ1) is 25.7. The monoisotopic (exact) mass is 1020 g/mol. The van der Waals surface area contributed by atoms with Crippen molar-refractivity contribution >= 4 is 70.1 Å². The minimum absolute atomic E-state index is 0. The summed E-state index contributed by atoms with van der Waals surface area (Å²) in [6.07, 6.45) is 2.66. The van der Waals surface area contributed by atoms with Crippen LogP contribution in [0.25, 0.3) is 0 Å². The number of alkyl carbamates (subject to hydrolysis) is 2. The SMILES string of the molecule is C.C.C.C.C.C.C.C.C.C.CC(=O)N(C)C.CC(=O)N(C)C.CNC.CNC(=O)N(C)C.CNC(=O)N(C)C.CNC(=O)OC.CNC(=O)OC.CNC(=O)SC.CNC(=O)SC.COC. The number of hydrogen-bond donors (Lipinski definition) is 7. The van der Waals surface area contributed by atoms with Crippen LogP contribution in [0.2, 0.25) is 0 Å². The standard InChI is InChI=1S/2C4H10N2O.2C4H9NO.2C3H7NO2.2C3H7NOS.C2H7N.C2H6O.10CH4/c2*1-5-4(7)6(2)3;2*1-4(6)5(2)3;4*1-4-3(5)6-2;2*1-3-2;;;;;;;;;;/h2*1-3H3,(H,5,7);2*1-3H3;4*1-2H3,(H,4,5);3H,1-2H3;1-2H3;10*1H4. The van der Waals surface area contributed by atoms with Crippen molar-refractivity contribution in [3.63, 3.8) is 0 Å². The van der Waals surface area contributed by atoms with E-state index in [-0.39, 0.29) is 109 Å². The van der Waals surface area contributed by atoms with E-state index in [1.165, 1.54) is 85.3 Å². The normalized spacial score (nSPS) is 6.30. The minimum Gasteiger partial charge on any atom is -0.453 e. The molecule has 0 heterocycles. The summed E-state index contributed by atoms with van der Waals surface area (Å²) in [5.74, 6) is 0.185. The number of rotatable bonds is 0. The van der Waals surface area contributed by atoms with E-state index in [9.17, 15) is 38.4 Å². The number of carbonyl (C=O) groups excluding carboxylic acids is 8. The number of nitrogens with one attached hydrogen (secondary N) is 7. The van der Waals surface area contributed by atoms with E-state index in [0.717, 1.165) is 0 Å². The van der Waals surface area contributed by atoms with E-state index in [4.69, 9.17) is 0 Å². The zero-order chi connectivity index (χ0) is 47.4. The first kappa shape index (κ1) is 131. The van der Waals surface area contributed by atoms with E-state index < -0.39 is 12.2 Å². The number of methoxy groups -OCH3 is 3. The Morgan fingerprint density at radius 2 is 0.515 bits per heavy atom. The molecule has 0 aromatic rings. The molecule has 0 aliphatic rings. The van der Waals surface area contributed by atoms with Crippen LogP contribution in [-0.2, 0) is 23.8 Å². The van der Waals surface area contributed by atoms with Crippen molar-refractivity contribution in [3.05, 3.63) is 0 Å². The molecule has 0 aliphatic heterocycles. The third-order valence-electron chi connectivity index (χ3n) is 4.06. The minimum atomic E-state index is -0.407. The maximum absolute atomic E-state index is 10.3. The van der Waals surface area contributed by atoms with Gasteiger partial charge in [0, 0.05) is 127 Å². The largest absolute Gasteiger partial charge is 0.453 e. The summed E-state index contributed by atoms with van der Waals surface area (Å²) in [4.78, 5) is 86.6. The van der Waals surface area contributed by atoms with Crippen molar-refractivity contribution in [1.29, 1.82) is 0 Å². The molecule has 0 saturated heterocycles. The molecule has 0 radical (unpaired) electrons. The Kier molecular flexibility index (Phi) is 224. The van der Waals surface area contributed by atoms with E-state index >= 15 is 0 Å². The van der Waals surface area contributed by atoms with Gasteiger partial charge in [0.1, 0.15) is 0 Å². The molecule has 7 N–H and O–H groups in total. The molecule has 0 spiro atoms. The Labute approximate surface area is 420 Å². The topological polar surface area (TPSA) is 261 Å². The highest BCUT2D eigenvalue weighted by Crippen LogP contribution is 1.89. The molecule has 0 atom stereocenters. The molecule has 0 unspecified atom stereocenters. The molecule has 10 amide bonds. The highest BCUT2D eigenvalue weighted by molar-refractivity contribution is 8.13. The lowest BCUT2D eigenvalue weighted by atomic mass is 10.7. The van der Waals surface area contributed by atoms with Gasteiger partial charge in [-0.2, -0.15) is 0 Å². The van der Waals surface area contributed by atoms with Crippen molar-refractivity contribution in [2.45, 2.75) is 88.1 Å². The second-order valence-electron chi connectivity index (χ2n) is 9.60. The Hall–Kier alpha value is -4.42. The van der Waals surface area contributed by atoms with Gasteiger partial charge in [-0.05, 0) is 26.6 Å². The zero-order valence-electron chi connectivity index (χ0n) is 38.6. The quantitative estimate of drug-likeness (QED) is 0.122. The van der Waals surface area contributed by atoms with Gasteiger partial charge in [0.2, 0.25) is 11.8 Å². The molecule has 66 heavy (non-hydrogen) atoms. The molecule has 0 saturated carbocycles. The van der Waals surface area contributed by atoms with Gasteiger partial charge in [0.25, 0.3) is 10.5 Å². The van der Waals surface area contributed by atoms with Crippen LogP contribution in [0.3, 0.4) is 0 Å². The van der Waals surface area contributed by atoms with Gasteiger partial charge in [0.05, 0.1) is 14.2 Å². The lowest BCUT2D eigenvalue weighted by Crippen LogP contribution is -2.31. The average Bonchev–Trinajstić information content (AvgIpc) is 3.17. The highest BCUT2D eigenvalue weighted by Gasteiger charge is 1.95. The number of ether oxygens (including phenoxy) is 3. The van der Waals surface area contributed by atoms with Crippen LogP contribution in [-0.4, -0.2) is 220 Å². The van der Waals surface area contributed by atoms with Gasteiger partial charge >= 0.3 is 24.2 Å². The summed E-state index contributed by atoms with van der Waals surface area (Å²) < 4.78 is 12.5. The van der Waals surface area contributed by atoms with Crippen LogP contribution in [0.4, 0.5) is 28.8 Å². The summed E-state index contributed by atoms with van der Waals surface area (Å²) in [5.41, 5.74) is 0. The molecule has 0 rings (SSSR count). The Balaban J connectivity index is -0.0000000196. The third kappa shape index (κ3) is 205. The van der Waals surface area contributed by atoms with Gasteiger partial charge in [-0.25, -0.2) is 19.2 Å². The maximum Gasteiger partial charge on any atom is 0.406 e. The summed E-state index contributed by atoms with van der Waals surface area (Å²) in [6, 6.07) is -0.139. The van der Waals surface area contributed by atoms with Crippen LogP contribution < -0.4 is 37.2 Å². The maximum atomic E-state index is 10.3. The first-order valence-corrected chi connectivity index (χ1v) is 18.3. The van der Waals surface area contributed by atoms with Crippen LogP contribution >= 0.6 is 23.5 Å². The molecule has 0 aliphatic carbocycles. The predicted molar refractivity (Wildman–Crippen MR) is 299 cm³/mol. The second kappa shape index (κ2) is 113. The van der Waals surface area contributed by atoms with Crippen molar-refractivity contribution in [1.82, 2.24) is 56.8 Å². The van der Waals surface area contributed by atoms with Crippen molar-refractivity contribution in [3.8, 4) is 0 Å². The lowest BCUT2D eigenvalue weighted by molar-refractivity contribution is -0.127. The van der Waals surface area contributed by atoms with E-state index in [1.807, 2.05) is 14.1 Å². The fourth-order valence-electron chi connectivity index (χ4n) is 0.855. The van der Waals surface area contributed by atoms with E-state index in [0.29, 0.717) is 0 Å². The zero-order valence-corrected chi connectivity index (χ0v) is 40.2. The molecule has 0 fully saturated rings. The summed E-state index contributed by atoms with van der Waals surface area (Å²) >= 11 is 2.35. The van der Waals surface area contributed by atoms with Crippen LogP contribution in [0, 0.1) is 0 Å². The molecule has 420 valence electrons. The van der Waals surface area contributed by atoms with Crippen LogP contribution in [0.5, 0.6) is 0 Å². The van der Waals surface area contributed by atoms with Gasteiger partial charge in [-0.1, -0.05) is 97.8 Å². The average molecular weight is 1020 g/mol. The summed E-state index contributed by atoms with van der Waals surface area (Å²) in [7, 11) is 32.7. The summed E-state index contributed by atoms with van der Waals surface area (Å²) in [5, 5.41) is 17.1. The fourth-order valence-corrected chi connectivity index (χ4v) is 1.26. The van der Waals surface area contributed by atoms with Crippen molar-refractivity contribution < 1.29 is 52.6 Å². The predicted octanol–water partition coefficient (Wildman–Crippen LogP) is 7.75. The second-order valence-corrected chi connectivity index (χ2v) is 11.2.